The molecule has 3 aromatic rings. The van der Waals surface area contributed by atoms with Crippen LogP contribution in [0.15, 0.2) is 82.6 Å². The summed E-state index contributed by atoms with van der Waals surface area (Å²) in [6, 6.07) is 23.9. The number of hydrogen-bond acceptors (Lipinski definition) is 5. The van der Waals surface area contributed by atoms with Gasteiger partial charge in [-0.15, -0.1) is 0 Å². The predicted molar refractivity (Wildman–Crippen MR) is 141 cm³/mol. The van der Waals surface area contributed by atoms with Crippen LogP contribution in [0.4, 0.5) is 0 Å². The van der Waals surface area contributed by atoms with Crippen LogP contribution in [0.25, 0.3) is 0 Å². The Morgan fingerprint density at radius 1 is 0.971 bits per heavy atom. The van der Waals surface area contributed by atoms with Crippen molar-refractivity contribution < 1.29 is 24.2 Å². The highest BCUT2D eigenvalue weighted by molar-refractivity contribution is 7.99. The van der Waals surface area contributed by atoms with Crippen molar-refractivity contribution in [3.63, 3.8) is 0 Å². The first-order valence-corrected chi connectivity index (χ1v) is 14.3. The molecule has 0 saturated heterocycles. The van der Waals surface area contributed by atoms with Crippen molar-refractivity contribution in [2.24, 2.45) is 5.73 Å². The minimum atomic E-state index is -4.15. The summed E-state index contributed by atoms with van der Waals surface area (Å²) in [5, 5.41) is 10.3. The van der Waals surface area contributed by atoms with E-state index in [1.165, 1.54) is 0 Å². The highest BCUT2D eigenvalue weighted by Gasteiger charge is 2.27. The molecule has 0 radical (unpaired) electrons. The number of rotatable bonds is 13. The molecule has 0 aliphatic heterocycles. The zero-order valence-corrected chi connectivity index (χ0v) is 21.8. The van der Waals surface area contributed by atoms with Crippen LogP contribution in [0.1, 0.15) is 30.4 Å². The molecule has 0 heterocycles. The lowest BCUT2D eigenvalue weighted by molar-refractivity contribution is 0.179. The Hall–Kier alpha value is -1.83. The van der Waals surface area contributed by atoms with Crippen LogP contribution in [0, 0.1) is 0 Å². The van der Waals surface area contributed by atoms with Gasteiger partial charge in [0.2, 0.25) is 0 Å². The van der Waals surface area contributed by atoms with Gasteiger partial charge in [-0.2, -0.15) is 0 Å². The van der Waals surface area contributed by atoms with Gasteiger partial charge >= 0.3 is 7.60 Å². The van der Waals surface area contributed by atoms with E-state index >= 15 is 0 Å². The molecule has 0 spiro atoms. The van der Waals surface area contributed by atoms with E-state index in [0.29, 0.717) is 30.9 Å². The summed E-state index contributed by atoms with van der Waals surface area (Å²) in [6.45, 7) is 0.180. The maximum atomic E-state index is 11.1. The normalized spacial score (nSPS) is 13.4. The Kier molecular flexibility index (Phi) is 10.3. The molecule has 6 nitrogen and oxygen atoms in total. The topological polar surface area (TPSA) is 113 Å². The third-order valence-corrected chi connectivity index (χ3v) is 7.79. The third kappa shape index (κ3) is 9.62. The maximum absolute atomic E-state index is 11.1. The van der Waals surface area contributed by atoms with E-state index in [-0.39, 0.29) is 19.2 Å². The second kappa shape index (κ2) is 12.9. The molecular weight excluding hydrogens is 505 g/mol. The monoisotopic (exact) mass is 535 g/mol. The van der Waals surface area contributed by atoms with Gasteiger partial charge in [0.1, 0.15) is 12.4 Å². The Labute approximate surface area is 215 Å². The highest BCUT2D eigenvalue weighted by Crippen LogP contribution is 2.37. The third-order valence-electron chi connectivity index (χ3n) is 5.65. The maximum Gasteiger partial charge on any atom is 0.325 e. The molecule has 0 aromatic heterocycles. The van der Waals surface area contributed by atoms with Crippen molar-refractivity contribution in [1.82, 2.24) is 0 Å². The standard InChI is InChI=1S/C26H31ClNO5PS/c27-25-17-24(12-11-21(25)8-5-13-26(28,19-29)14-15-34(30,31)32)35-23-10-4-9-22(16-23)33-18-20-6-2-1-3-7-20/h1-4,6-7,9-12,16-17,29H,5,8,13-15,18-19,28H2,(H2,30,31,32). The lowest BCUT2D eigenvalue weighted by atomic mass is 9.91. The zero-order chi connectivity index (χ0) is 25.3. The van der Waals surface area contributed by atoms with E-state index in [0.717, 1.165) is 26.7 Å². The average molecular weight is 536 g/mol. The number of benzene rings is 3. The summed E-state index contributed by atoms with van der Waals surface area (Å²) in [6.07, 6.45) is 1.46. The van der Waals surface area contributed by atoms with Gasteiger partial charge in [0, 0.05) is 20.4 Å². The van der Waals surface area contributed by atoms with Gasteiger partial charge in [-0.3, -0.25) is 4.57 Å². The lowest BCUT2D eigenvalue weighted by Crippen LogP contribution is -2.44. The number of aliphatic hydroxyl groups excluding tert-OH is 1. The van der Waals surface area contributed by atoms with Gasteiger partial charge in [-0.25, -0.2) is 0 Å². The van der Waals surface area contributed by atoms with Gasteiger partial charge < -0.3 is 25.4 Å². The molecule has 1 atom stereocenters. The first kappa shape index (κ1) is 27.8. The second-order valence-electron chi connectivity index (χ2n) is 8.62. The summed E-state index contributed by atoms with van der Waals surface area (Å²) in [5.41, 5.74) is 7.20. The van der Waals surface area contributed by atoms with E-state index in [2.05, 4.69) is 0 Å². The fourth-order valence-corrected chi connectivity index (χ4v) is 5.56. The van der Waals surface area contributed by atoms with Crippen LogP contribution in [0.5, 0.6) is 5.75 Å². The molecule has 3 rings (SSSR count). The number of hydrogen-bond donors (Lipinski definition) is 4. The number of ether oxygens (including phenoxy) is 1. The van der Waals surface area contributed by atoms with Crippen molar-refractivity contribution in [2.45, 2.75) is 47.6 Å². The largest absolute Gasteiger partial charge is 0.489 e. The number of nitrogens with two attached hydrogens (primary N) is 1. The molecule has 0 fully saturated rings. The van der Waals surface area contributed by atoms with Gasteiger partial charge in [0.05, 0.1) is 12.8 Å². The van der Waals surface area contributed by atoms with Crippen molar-refractivity contribution >= 4 is 31.0 Å². The second-order valence-corrected chi connectivity index (χ2v) is 11.9. The first-order chi connectivity index (χ1) is 16.7. The van der Waals surface area contributed by atoms with Gasteiger partial charge in [0.15, 0.2) is 0 Å². The van der Waals surface area contributed by atoms with E-state index < -0.39 is 13.1 Å². The fraction of sp³-hybridized carbons (Fsp3) is 0.308. The van der Waals surface area contributed by atoms with Crippen LogP contribution in [0.3, 0.4) is 0 Å². The molecule has 35 heavy (non-hydrogen) atoms. The Morgan fingerprint density at radius 3 is 2.40 bits per heavy atom. The van der Waals surface area contributed by atoms with Gasteiger partial charge in [-0.1, -0.05) is 65.8 Å². The molecule has 0 saturated carbocycles. The van der Waals surface area contributed by atoms with Crippen LogP contribution < -0.4 is 10.5 Å². The number of aryl methyl sites for hydroxylation is 1. The summed E-state index contributed by atoms with van der Waals surface area (Å²) >= 11 is 8.12. The summed E-state index contributed by atoms with van der Waals surface area (Å²) < 4.78 is 17.1. The summed E-state index contributed by atoms with van der Waals surface area (Å²) in [5.74, 6) is 0.800. The number of halogens is 1. The molecule has 0 aliphatic carbocycles. The predicted octanol–water partition coefficient (Wildman–Crippen LogP) is 5.65. The quantitative estimate of drug-likeness (QED) is 0.209. The van der Waals surface area contributed by atoms with E-state index in [9.17, 15) is 9.67 Å². The van der Waals surface area contributed by atoms with Crippen molar-refractivity contribution in [3.8, 4) is 5.75 Å². The molecule has 188 valence electrons. The SMILES string of the molecule is NC(CO)(CCCc1ccc(Sc2cccc(OCc3ccccc3)c2)cc1Cl)CCP(=O)(O)O. The highest BCUT2D eigenvalue weighted by atomic mass is 35.5. The summed E-state index contributed by atoms with van der Waals surface area (Å²) in [4.78, 5) is 20.2. The van der Waals surface area contributed by atoms with Crippen LogP contribution in [-0.2, 0) is 17.6 Å². The zero-order valence-electron chi connectivity index (χ0n) is 19.3. The van der Waals surface area contributed by atoms with Crippen LogP contribution in [-0.4, -0.2) is 33.2 Å². The molecule has 9 heteroatoms. The Balaban J connectivity index is 1.54. The molecule has 3 aromatic carbocycles. The summed E-state index contributed by atoms with van der Waals surface area (Å²) in [7, 11) is -4.15. The molecule has 0 aliphatic rings. The molecule has 1 unspecified atom stereocenters. The first-order valence-electron chi connectivity index (χ1n) is 11.3. The molecule has 0 bridgehead atoms. The van der Waals surface area contributed by atoms with Crippen molar-refractivity contribution in [1.29, 1.82) is 0 Å². The lowest BCUT2D eigenvalue weighted by Gasteiger charge is -2.27. The van der Waals surface area contributed by atoms with E-state index in [1.807, 2.05) is 72.8 Å². The van der Waals surface area contributed by atoms with Gasteiger partial charge in [0.25, 0.3) is 0 Å². The van der Waals surface area contributed by atoms with Crippen LogP contribution >= 0.6 is 31.0 Å². The minimum absolute atomic E-state index is 0.0607. The smallest absolute Gasteiger partial charge is 0.325 e. The van der Waals surface area contributed by atoms with E-state index in [4.69, 9.17) is 31.9 Å². The molecular formula is C26H31ClNO5PS. The van der Waals surface area contributed by atoms with Crippen molar-refractivity contribution in [3.05, 3.63) is 88.9 Å². The minimum Gasteiger partial charge on any atom is -0.489 e. The van der Waals surface area contributed by atoms with Crippen molar-refractivity contribution in [2.75, 3.05) is 12.8 Å². The molecule has 0 amide bonds. The van der Waals surface area contributed by atoms with E-state index in [1.54, 1.807) is 11.8 Å². The molecule has 5 N–H and O–H groups in total. The van der Waals surface area contributed by atoms with Crippen LogP contribution in [0.2, 0.25) is 5.02 Å². The fourth-order valence-electron chi connectivity index (χ4n) is 3.58. The van der Waals surface area contributed by atoms with Gasteiger partial charge in [-0.05, 0) is 67.1 Å². The Bertz CT molecular complexity index is 1140. The average Bonchev–Trinajstić information content (AvgIpc) is 2.83. The Morgan fingerprint density at radius 2 is 1.71 bits per heavy atom. The number of aliphatic hydroxyl groups is 1.